The van der Waals surface area contributed by atoms with Gasteiger partial charge in [0.2, 0.25) is 5.91 Å². The molecule has 0 bridgehead atoms. The van der Waals surface area contributed by atoms with E-state index in [1.165, 1.54) is 0 Å². The fraction of sp³-hybridized carbons (Fsp3) is 0.379. The molecule has 2 amide bonds. The fourth-order valence-electron chi connectivity index (χ4n) is 4.47. The van der Waals surface area contributed by atoms with Crippen molar-refractivity contribution in [2.75, 3.05) is 51.8 Å². The topological polar surface area (TPSA) is 88.1 Å². The molecule has 4 rings (SSSR count). The molecule has 1 saturated heterocycles. The van der Waals surface area contributed by atoms with E-state index in [9.17, 15) is 9.59 Å². The Labute approximate surface area is 224 Å². The van der Waals surface area contributed by atoms with Crippen molar-refractivity contribution >= 4 is 17.6 Å². The minimum absolute atomic E-state index is 0.0361. The number of piperazine rings is 1. The summed E-state index contributed by atoms with van der Waals surface area (Å²) in [6.45, 7) is 6.47. The molecule has 2 aromatic carbocycles. The van der Waals surface area contributed by atoms with E-state index in [1.54, 1.807) is 31.3 Å². The number of ether oxygens (including phenoxy) is 2. The summed E-state index contributed by atoms with van der Waals surface area (Å²) in [4.78, 5) is 31.9. The molecule has 1 unspecified atom stereocenters. The third-order valence-corrected chi connectivity index (χ3v) is 7.00. The molecule has 0 N–H and O–H groups in total. The Bertz CT molecular complexity index is 1230. The zero-order valence-corrected chi connectivity index (χ0v) is 22.5. The van der Waals surface area contributed by atoms with Gasteiger partial charge >= 0.3 is 0 Å². The summed E-state index contributed by atoms with van der Waals surface area (Å²) in [5.74, 6) is 1.97. The number of rotatable bonds is 9. The van der Waals surface area contributed by atoms with Crippen molar-refractivity contribution in [3.05, 3.63) is 66.2 Å². The SMILES string of the molecule is CCC(C)N(CC(=O)N1CCN(c2ccc(-c3ccc(OC)cc3OC)nn2)CC1)C(=O)c1ccccc1. The highest BCUT2D eigenvalue weighted by atomic mass is 16.5. The number of benzene rings is 2. The van der Waals surface area contributed by atoms with Gasteiger partial charge < -0.3 is 24.2 Å². The van der Waals surface area contributed by atoms with Gasteiger partial charge in [0.15, 0.2) is 5.82 Å². The van der Waals surface area contributed by atoms with Gasteiger partial charge in [0.1, 0.15) is 18.0 Å². The van der Waals surface area contributed by atoms with Crippen molar-refractivity contribution in [2.24, 2.45) is 0 Å². The molecule has 38 heavy (non-hydrogen) atoms. The van der Waals surface area contributed by atoms with Crippen LogP contribution < -0.4 is 14.4 Å². The minimum Gasteiger partial charge on any atom is -0.497 e. The maximum atomic E-state index is 13.2. The number of hydrogen-bond acceptors (Lipinski definition) is 7. The Kier molecular flexibility index (Phi) is 8.78. The fourth-order valence-corrected chi connectivity index (χ4v) is 4.47. The second-order valence-electron chi connectivity index (χ2n) is 9.27. The summed E-state index contributed by atoms with van der Waals surface area (Å²) in [7, 11) is 3.23. The molecule has 9 heteroatoms. The van der Waals surface area contributed by atoms with Crippen LogP contribution >= 0.6 is 0 Å². The van der Waals surface area contributed by atoms with Gasteiger partial charge in [-0.1, -0.05) is 25.1 Å². The molecule has 200 valence electrons. The maximum Gasteiger partial charge on any atom is 0.254 e. The van der Waals surface area contributed by atoms with Crippen LogP contribution in [-0.2, 0) is 4.79 Å². The van der Waals surface area contributed by atoms with E-state index >= 15 is 0 Å². The van der Waals surface area contributed by atoms with Crippen LogP contribution in [0.2, 0.25) is 0 Å². The smallest absolute Gasteiger partial charge is 0.254 e. The Morgan fingerprint density at radius 3 is 2.29 bits per heavy atom. The highest BCUT2D eigenvalue weighted by Gasteiger charge is 2.28. The number of aromatic nitrogens is 2. The second-order valence-corrected chi connectivity index (χ2v) is 9.27. The number of anilines is 1. The van der Waals surface area contributed by atoms with Gasteiger partial charge in [-0.2, -0.15) is 0 Å². The first-order valence-corrected chi connectivity index (χ1v) is 12.9. The van der Waals surface area contributed by atoms with Gasteiger partial charge in [-0.05, 0) is 49.7 Å². The first kappa shape index (κ1) is 26.9. The van der Waals surface area contributed by atoms with E-state index in [4.69, 9.17) is 9.47 Å². The standard InChI is InChI=1S/C29H35N5O4/c1-5-21(2)34(29(36)22-9-7-6-8-10-22)20-28(35)33-17-15-32(16-18-33)27-14-13-25(30-31-27)24-12-11-23(37-3)19-26(24)38-4/h6-14,19,21H,5,15-18,20H2,1-4H3. The number of methoxy groups -OCH3 is 2. The molecule has 1 aliphatic rings. The predicted octanol–water partition coefficient (Wildman–Crippen LogP) is 3.75. The number of hydrogen-bond donors (Lipinski definition) is 0. The van der Waals surface area contributed by atoms with E-state index < -0.39 is 0 Å². The van der Waals surface area contributed by atoms with Gasteiger partial charge in [0.05, 0.1) is 19.9 Å². The van der Waals surface area contributed by atoms with Crippen LogP contribution in [0.25, 0.3) is 11.3 Å². The second kappa shape index (κ2) is 12.4. The quantitative estimate of drug-likeness (QED) is 0.427. The normalized spacial score (nSPS) is 14.1. The molecule has 1 fully saturated rings. The molecule has 0 saturated carbocycles. The summed E-state index contributed by atoms with van der Waals surface area (Å²) in [6.07, 6.45) is 0.775. The van der Waals surface area contributed by atoms with E-state index in [1.807, 2.05) is 67.3 Å². The summed E-state index contributed by atoms with van der Waals surface area (Å²) in [6, 6.07) is 18.5. The average molecular weight is 518 g/mol. The van der Waals surface area contributed by atoms with Crippen LogP contribution in [0.1, 0.15) is 30.6 Å². The van der Waals surface area contributed by atoms with Crippen LogP contribution in [0.3, 0.4) is 0 Å². The zero-order valence-electron chi connectivity index (χ0n) is 22.5. The first-order valence-electron chi connectivity index (χ1n) is 12.9. The monoisotopic (exact) mass is 517 g/mol. The molecule has 3 aromatic rings. The van der Waals surface area contributed by atoms with Crippen molar-refractivity contribution < 1.29 is 19.1 Å². The number of carbonyl (C=O) groups is 2. The lowest BCUT2D eigenvalue weighted by atomic mass is 10.1. The molecule has 1 aromatic heterocycles. The molecule has 0 spiro atoms. The summed E-state index contributed by atoms with van der Waals surface area (Å²) in [5, 5.41) is 8.86. The molecule has 2 heterocycles. The van der Waals surface area contributed by atoms with Gasteiger partial charge in [-0.25, -0.2) is 0 Å². The Morgan fingerprint density at radius 1 is 0.947 bits per heavy atom. The predicted molar refractivity (Wildman–Crippen MR) is 147 cm³/mol. The Balaban J connectivity index is 1.37. The Morgan fingerprint density at radius 2 is 1.68 bits per heavy atom. The van der Waals surface area contributed by atoms with E-state index in [0.717, 1.165) is 17.8 Å². The van der Waals surface area contributed by atoms with Crippen molar-refractivity contribution in [2.45, 2.75) is 26.3 Å². The lowest BCUT2D eigenvalue weighted by molar-refractivity contribution is -0.132. The van der Waals surface area contributed by atoms with Crippen LogP contribution in [0, 0.1) is 0 Å². The van der Waals surface area contributed by atoms with Crippen LogP contribution in [0.15, 0.2) is 60.7 Å². The lowest BCUT2D eigenvalue weighted by Gasteiger charge is -2.37. The third kappa shape index (κ3) is 6.04. The molecule has 0 radical (unpaired) electrons. The highest BCUT2D eigenvalue weighted by Crippen LogP contribution is 2.32. The average Bonchev–Trinajstić information content (AvgIpc) is 2.99. The molecule has 1 atom stereocenters. The first-order chi connectivity index (χ1) is 18.4. The Hall–Kier alpha value is -4.14. The van der Waals surface area contributed by atoms with Crippen molar-refractivity contribution in [3.8, 4) is 22.8 Å². The van der Waals surface area contributed by atoms with Crippen molar-refractivity contribution in [1.29, 1.82) is 0 Å². The van der Waals surface area contributed by atoms with Crippen LogP contribution in [0.4, 0.5) is 5.82 Å². The number of nitrogens with zero attached hydrogens (tertiary/aromatic N) is 5. The largest absolute Gasteiger partial charge is 0.497 e. The molecule has 9 nitrogen and oxygen atoms in total. The van der Waals surface area contributed by atoms with Gasteiger partial charge in [-0.15, -0.1) is 10.2 Å². The molecule has 0 aliphatic carbocycles. The summed E-state index contributed by atoms with van der Waals surface area (Å²) >= 11 is 0. The summed E-state index contributed by atoms with van der Waals surface area (Å²) < 4.78 is 10.8. The van der Waals surface area contributed by atoms with Gasteiger partial charge in [0.25, 0.3) is 5.91 Å². The highest BCUT2D eigenvalue weighted by molar-refractivity contribution is 5.96. The van der Waals surface area contributed by atoms with Crippen molar-refractivity contribution in [3.63, 3.8) is 0 Å². The van der Waals surface area contributed by atoms with Crippen LogP contribution in [0.5, 0.6) is 11.5 Å². The van der Waals surface area contributed by atoms with E-state index in [-0.39, 0.29) is 24.4 Å². The molecule has 1 aliphatic heterocycles. The summed E-state index contributed by atoms with van der Waals surface area (Å²) in [5.41, 5.74) is 2.13. The van der Waals surface area contributed by atoms with E-state index in [2.05, 4.69) is 15.1 Å². The maximum absolute atomic E-state index is 13.2. The minimum atomic E-state index is -0.115. The third-order valence-electron chi connectivity index (χ3n) is 7.00. The zero-order chi connectivity index (χ0) is 27.1. The molecular formula is C29H35N5O4. The van der Waals surface area contributed by atoms with Gasteiger partial charge in [-0.3, -0.25) is 9.59 Å². The molecular weight excluding hydrogens is 482 g/mol. The lowest BCUT2D eigenvalue weighted by Crippen LogP contribution is -2.53. The van der Waals surface area contributed by atoms with Crippen LogP contribution in [-0.4, -0.2) is 84.8 Å². The van der Waals surface area contributed by atoms with Crippen molar-refractivity contribution in [1.82, 2.24) is 20.0 Å². The van der Waals surface area contributed by atoms with E-state index in [0.29, 0.717) is 48.9 Å². The number of carbonyl (C=O) groups excluding carboxylic acids is 2. The van der Waals surface area contributed by atoms with Gasteiger partial charge in [0, 0.05) is 49.4 Å². The number of amides is 2.